The summed E-state index contributed by atoms with van der Waals surface area (Å²) in [6.45, 7) is 4.48. The molecule has 0 radical (unpaired) electrons. The number of nitrogens with one attached hydrogen (secondary N) is 1. The van der Waals surface area contributed by atoms with Crippen LogP contribution in [-0.2, 0) is 0 Å². The van der Waals surface area contributed by atoms with E-state index in [9.17, 15) is 0 Å². The van der Waals surface area contributed by atoms with E-state index in [1.165, 1.54) is 43.6 Å². The fourth-order valence-electron chi connectivity index (χ4n) is 5.78. The maximum atomic E-state index is 3.65. The summed E-state index contributed by atoms with van der Waals surface area (Å²) in [4.78, 5) is 2.39. The molecule has 2 heteroatoms. The lowest BCUT2D eigenvalue weighted by Crippen LogP contribution is -2.10. The van der Waals surface area contributed by atoms with Crippen LogP contribution in [0.1, 0.15) is 25.3 Å². The van der Waals surface area contributed by atoms with Crippen molar-refractivity contribution in [2.24, 2.45) is 0 Å². The molecule has 7 rings (SSSR count). The van der Waals surface area contributed by atoms with Crippen LogP contribution in [0, 0.1) is 0 Å². The van der Waals surface area contributed by atoms with E-state index in [0.717, 1.165) is 22.7 Å². The highest BCUT2D eigenvalue weighted by atomic mass is 15.1. The van der Waals surface area contributed by atoms with Crippen LogP contribution in [0.4, 0.5) is 28.4 Å². The van der Waals surface area contributed by atoms with Gasteiger partial charge in [0.2, 0.25) is 0 Å². The first-order valence-corrected chi connectivity index (χ1v) is 13.6. The molecule has 1 N–H and O–H groups in total. The van der Waals surface area contributed by atoms with Gasteiger partial charge in [-0.15, -0.1) is 0 Å². The zero-order valence-electron chi connectivity index (χ0n) is 22.2. The van der Waals surface area contributed by atoms with Crippen molar-refractivity contribution in [3.8, 4) is 0 Å². The Morgan fingerprint density at radius 3 is 1.77 bits per heavy atom. The van der Waals surface area contributed by atoms with Crippen molar-refractivity contribution >= 4 is 60.8 Å². The number of hydrogen-bond donors (Lipinski definition) is 1. The number of benzene rings is 7. The third kappa shape index (κ3) is 4.06. The average Bonchev–Trinajstić information content (AvgIpc) is 2.99. The Bertz CT molecular complexity index is 1890. The lowest BCUT2D eigenvalue weighted by atomic mass is 9.92. The van der Waals surface area contributed by atoms with Gasteiger partial charge in [-0.05, 0) is 81.6 Å². The summed E-state index contributed by atoms with van der Waals surface area (Å²) in [7, 11) is 0. The Morgan fingerprint density at radius 1 is 0.513 bits per heavy atom. The number of hydrogen-bond acceptors (Lipinski definition) is 2. The summed E-state index contributed by atoms with van der Waals surface area (Å²) in [5.74, 6) is 0.498. The molecule has 188 valence electrons. The molecule has 39 heavy (non-hydrogen) atoms. The van der Waals surface area contributed by atoms with Gasteiger partial charge >= 0.3 is 0 Å². The molecule has 0 atom stereocenters. The molecule has 7 aromatic rings. The quantitative estimate of drug-likeness (QED) is 0.227. The van der Waals surface area contributed by atoms with E-state index in [4.69, 9.17) is 0 Å². The minimum atomic E-state index is 0.498. The zero-order chi connectivity index (χ0) is 26.3. The van der Waals surface area contributed by atoms with Crippen LogP contribution in [0.2, 0.25) is 0 Å². The van der Waals surface area contributed by atoms with Gasteiger partial charge in [0.1, 0.15) is 0 Å². The van der Waals surface area contributed by atoms with Crippen molar-refractivity contribution in [3.05, 3.63) is 139 Å². The predicted octanol–water partition coefficient (Wildman–Crippen LogP) is 10.9. The Morgan fingerprint density at radius 2 is 1.08 bits per heavy atom. The van der Waals surface area contributed by atoms with E-state index in [0.29, 0.717) is 5.92 Å². The Balaban J connectivity index is 1.46. The molecule has 0 fully saturated rings. The number of para-hydroxylation sites is 2. The van der Waals surface area contributed by atoms with Crippen molar-refractivity contribution in [1.82, 2.24) is 0 Å². The molecule has 0 aliphatic carbocycles. The normalized spacial score (nSPS) is 11.6. The van der Waals surface area contributed by atoms with Crippen molar-refractivity contribution in [2.75, 3.05) is 10.2 Å². The van der Waals surface area contributed by atoms with Gasteiger partial charge in [-0.2, -0.15) is 0 Å². The SMILES string of the molecule is CC(C)c1ccc(N(c2ccccc2)c2ccc3ccc4c(Nc5ccccc5)ccc5ccc2c3c54)cc1. The molecule has 0 spiro atoms. The van der Waals surface area contributed by atoms with Crippen molar-refractivity contribution < 1.29 is 0 Å². The minimum Gasteiger partial charge on any atom is -0.355 e. The van der Waals surface area contributed by atoms with Crippen LogP contribution in [0.3, 0.4) is 0 Å². The molecule has 0 aliphatic rings. The number of nitrogens with zero attached hydrogens (tertiary/aromatic N) is 1. The second-order valence-corrected chi connectivity index (χ2v) is 10.5. The number of anilines is 5. The first-order valence-electron chi connectivity index (χ1n) is 13.6. The van der Waals surface area contributed by atoms with Crippen molar-refractivity contribution in [1.29, 1.82) is 0 Å². The van der Waals surface area contributed by atoms with E-state index in [2.05, 4.69) is 151 Å². The lowest BCUT2D eigenvalue weighted by molar-refractivity contribution is 0.866. The highest BCUT2D eigenvalue weighted by molar-refractivity contribution is 6.27. The van der Waals surface area contributed by atoms with Gasteiger partial charge in [0, 0.05) is 33.5 Å². The molecule has 2 nitrogen and oxygen atoms in total. The summed E-state index contributed by atoms with van der Waals surface area (Å²) in [5, 5.41) is 11.3. The maximum Gasteiger partial charge on any atom is 0.0540 e. The van der Waals surface area contributed by atoms with Crippen LogP contribution in [-0.4, -0.2) is 0 Å². The topological polar surface area (TPSA) is 15.3 Å². The average molecular weight is 503 g/mol. The molecule has 7 aromatic carbocycles. The smallest absolute Gasteiger partial charge is 0.0540 e. The summed E-state index contributed by atoms with van der Waals surface area (Å²) in [6, 6.07) is 48.2. The van der Waals surface area contributed by atoms with E-state index >= 15 is 0 Å². The van der Waals surface area contributed by atoms with Gasteiger partial charge in [0.05, 0.1) is 5.69 Å². The summed E-state index contributed by atoms with van der Waals surface area (Å²) >= 11 is 0. The summed E-state index contributed by atoms with van der Waals surface area (Å²) in [6.07, 6.45) is 0. The van der Waals surface area contributed by atoms with Gasteiger partial charge in [-0.3, -0.25) is 0 Å². The third-order valence-corrected chi connectivity index (χ3v) is 7.77. The van der Waals surface area contributed by atoms with Gasteiger partial charge < -0.3 is 10.2 Å². The zero-order valence-corrected chi connectivity index (χ0v) is 22.2. The molecule has 0 aliphatic heterocycles. The maximum absolute atomic E-state index is 3.65. The fourth-order valence-corrected chi connectivity index (χ4v) is 5.78. The Labute approximate surface area is 229 Å². The highest BCUT2D eigenvalue weighted by Crippen LogP contribution is 2.45. The Kier molecular flexibility index (Phi) is 5.67. The van der Waals surface area contributed by atoms with E-state index in [1.54, 1.807) is 0 Å². The summed E-state index contributed by atoms with van der Waals surface area (Å²) in [5.41, 5.74) is 7.05. The molecule has 0 saturated carbocycles. The van der Waals surface area contributed by atoms with E-state index in [1.807, 2.05) is 6.07 Å². The van der Waals surface area contributed by atoms with Gasteiger partial charge in [-0.1, -0.05) is 98.8 Å². The van der Waals surface area contributed by atoms with Crippen LogP contribution < -0.4 is 10.2 Å². The van der Waals surface area contributed by atoms with Crippen LogP contribution in [0.15, 0.2) is 133 Å². The second-order valence-electron chi connectivity index (χ2n) is 10.5. The highest BCUT2D eigenvalue weighted by Gasteiger charge is 2.19. The van der Waals surface area contributed by atoms with E-state index in [-0.39, 0.29) is 0 Å². The molecule has 0 amide bonds. The standard InChI is InChI=1S/C37H30N2/c1-25(2)26-13-19-31(20-14-26)39(30-11-7-4-8-12-30)35-24-18-28-15-21-32-34(38-29-9-5-3-6-10-29)23-17-27-16-22-33(35)37(28)36(27)32/h3-25,38H,1-2H3. The fraction of sp³-hybridized carbons (Fsp3) is 0.0811. The molecule has 0 heterocycles. The third-order valence-electron chi connectivity index (χ3n) is 7.77. The van der Waals surface area contributed by atoms with E-state index < -0.39 is 0 Å². The second kappa shape index (κ2) is 9.49. The van der Waals surface area contributed by atoms with Gasteiger partial charge in [-0.25, -0.2) is 0 Å². The van der Waals surface area contributed by atoms with Gasteiger partial charge in [0.25, 0.3) is 0 Å². The molecular weight excluding hydrogens is 472 g/mol. The first-order chi connectivity index (χ1) is 19.2. The molecule has 0 saturated heterocycles. The molecule has 0 unspecified atom stereocenters. The Hall–Kier alpha value is -4.82. The molecule has 0 aromatic heterocycles. The van der Waals surface area contributed by atoms with Crippen molar-refractivity contribution in [2.45, 2.75) is 19.8 Å². The minimum absolute atomic E-state index is 0.498. The monoisotopic (exact) mass is 502 g/mol. The predicted molar refractivity (Wildman–Crippen MR) is 169 cm³/mol. The van der Waals surface area contributed by atoms with Crippen LogP contribution in [0.5, 0.6) is 0 Å². The number of rotatable bonds is 6. The van der Waals surface area contributed by atoms with Gasteiger partial charge in [0.15, 0.2) is 0 Å². The largest absolute Gasteiger partial charge is 0.355 e. The molecular formula is C37H30N2. The summed E-state index contributed by atoms with van der Waals surface area (Å²) < 4.78 is 0. The lowest BCUT2D eigenvalue weighted by Gasteiger charge is -2.28. The van der Waals surface area contributed by atoms with Crippen molar-refractivity contribution in [3.63, 3.8) is 0 Å². The van der Waals surface area contributed by atoms with Crippen LogP contribution >= 0.6 is 0 Å². The first kappa shape index (κ1) is 23.3. The van der Waals surface area contributed by atoms with Crippen LogP contribution in [0.25, 0.3) is 32.3 Å². The molecule has 0 bridgehead atoms.